The molecule has 1 aliphatic rings. The van der Waals surface area contributed by atoms with Gasteiger partial charge in [-0.2, -0.15) is 0 Å². The largest absolute Gasteiger partial charge is 0.507 e. The summed E-state index contributed by atoms with van der Waals surface area (Å²) in [6, 6.07) is 7.01. The molecule has 0 amide bonds. The van der Waals surface area contributed by atoms with Crippen LogP contribution in [0.15, 0.2) is 24.3 Å². The van der Waals surface area contributed by atoms with E-state index >= 15 is 0 Å². The van der Waals surface area contributed by atoms with Crippen LogP contribution in [0.4, 0.5) is 0 Å². The summed E-state index contributed by atoms with van der Waals surface area (Å²) in [4.78, 5) is 36.1. The Morgan fingerprint density at radius 1 is 0.973 bits per heavy atom. The van der Waals surface area contributed by atoms with Gasteiger partial charge < -0.3 is 24.1 Å². The van der Waals surface area contributed by atoms with E-state index in [1.165, 1.54) is 21.0 Å². The van der Waals surface area contributed by atoms with Gasteiger partial charge >= 0.3 is 5.97 Å². The fourth-order valence-electron chi connectivity index (χ4n) is 4.45. The summed E-state index contributed by atoms with van der Waals surface area (Å²) in [5.41, 5.74) is 2.21. The van der Waals surface area contributed by atoms with Crippen molar-refractivity contribution >= 4 is 17.5 Å². The number of carbonyl (C=O) groups is 3. The van der Waals surface area contributed by atoms with E-state index in [1.54, 1.807) is 18.2 Å². The monoisotopic (exact) mass is 512 g/mol. The lowest BCUT2D eigenvalue weighted by atomic mass is 9.97. The van der Waals surface area contributed by atoms with Crippen molar-refractivity contribution in [3.05, 3.63) is 46.5 Å². The van der Waals surface area contributed by atoms with Crippen LogP contribution in [0.5, 0.6) is 23.0 Å². The summed E-state index contributed by atoms with van der Waals surface area (Å²) >= 11 is 0. The Morgan fingerprint density at radius 2 is 1.65 bits per heavy atom. The third-order valence-corrected chi connectivity index (χ3v) is 6.38. The Kier molecular flexibility index (Phi) is 9.94. The molecule has 1 atom stereocenters. The van der Waals surface area contributed by atoms with Crippen molar-refractivity contribution in [3.63, 3.8) is 0 Å². The first-order valence-electron chi connectivity index (χ1n) is 12.8. The van der Waals surface area contributed by atoms with E-state index in [-0.39, 0.29) is 17.3 Å². The number of fused-ring (bicyclic) bond motifs is 1. The van der Waals surface area contributed by atoms with E-state index < -0.39 is 12.1 Å². The first-order chi connectivity index (χ1) is 17.8. The molecule has 2 aromatic rings. The minimum absolute atomic E-state index is 0.00783. The zero-order chi connectivity index (χ0) is 26.9. The number of Topliss-reactive ketones (excluding diaryl/α,β-unsaturated/α-hetero) is 2. The molecule has 8 nitrogen and oxygen atoms in total. The molecular weight excluding hydrogens is 476 g/mol. The number of ether oxygens (including phenoxy) is 4. The molecule has 0 radical (unpaired) electrons. The van der Waals surface area contributed by atoms with Gasteiger partial charge in [-0.25, -0.2) is 4.79 Å². The highest BCUT2D eigenvalue weighted by Gasteiger charge is 2.31. The second kappa shape index (κ2) is 13.1. The van der Waals surface area contributed by atoms with E-state index in [9.17, 15) is 19.5 Å². The number of hydrogen-bond donors (Lipinski definition) is 1. The standard InChI is InChI=1S/C29H36O8/c1-5-9-22-23(15-12-21(18(2)30)27(22)32)35-16-7-6-8-17-36-24-13-10-20-11-14-25(29(33)34-4)37-28(20)26(24)19(3)31/h10,12-13,15,25,32H,5-9,11,14,16-17H2,1-4H3. The van der Waals surface area contributed by atoms with Gasteiger partial charge in [0.15, 0.2) is 17.7 Å². The van der Waals surface area contributed by atoms with E-state index in [0.717, 1.165) is 31.2 Å². The molecule has 37 heavy (non-hydrogen) atoms. The van der Waals surface area contributed by atoms with Crippen molar-refractivity contribution in [1.29, 1.82) is 0 Å². The van der Waals surface area contributed by atoms with Crippen LogP contribution in [0.1, 0.15) is 84.7 Å². The predicted octanol–water partition coefficient (Wildman–Crippen LogP) is 5.24. The van der Waals surface area contributed by atoms with Crippen LogP contribution in [0, 0.1) is 0 Å². The van der Waals surface area contributed by atoms with Gasteiger partial charge in [0.05, 0.1) is 25.9 Å². The maximum atomic E-state index is 12.4. The summed E-state index contributed by atoms with van der Waals surface area (Å²) in [7, 11) is 1.32. The molecule has 3 rings (SSSR count). The summed E-state index contributed by atoms with van der Waals surface area (Å²) in [6.07, 6.45) is 4.19. The van der Waals surface area contributed by atoms with Crippen LogP contribution in [-0.2, 0) is 22.4 Å². The number of hydrogen-bond acceptors (Lipinski definition) is 8. The highest BCUT2D eigenvalue weighted by Crippen LogP contribution is 2.38. The van der Waals surface area contributed by atoms with Crippen LogP contribution >= 0.6 is 0 Å². The van der Waals surface area contributed by atoms with Crippen molar-refractivity contribution in [3.8, 4) is 23.0 Å². The lowest BCUT2D eigenvalue weighted by Gasteiger charge is -2.26. The minimum Gasteiger partial charge on any atom is -0.507 e. The van der Waals surface area contributed by atoms with Crippen LogP contribution < -0.4 is 14.2 Å². The second-order valence-corrected chi connectivity index (χ2v) is 9.15. The number of unbranched alkanes of at least 4 members (excludes halogenated alkanes) is 2. The number of phenols is 1. The Bertz CT molecular complexity index is 1140. The van der Waals surface area contributed by atoms with Gasteiger partial charge in [0.25, 0.3) is 0 Å². The maximum absolute atomic E-state index is 12.4. The van der Waals surface area contributed by atoms with Gasteiger partial charge in [0, 0.05) is 5.56 Å². The normalized spacial score (nSPS) is 14.3. The molecule has 200 valence electrons. The SMILES string of the molecule is CCCc1c(OCCCCCOc2ccc3c(c2C(C)=O)OC(C(=O)OC)CC3)ccc(C(C)=O)c1O. The van der Waals surface area contributed by atoms with Crippen LogP contribution in [-0.4, -0.2) is 49.1 Å². The molecule has 1 heterocycles. The molecule has 0 aliphatic carbocycles. The van der Waals surface area contributed by atoms with Gasteiger partial charge in [0.2, 0.25) is 0 Å². The first kappa shape index (κ1) is 28.0. The highest BCUT2D eigenvalue weighted by molar-refractivity contribution is 6.00. The molecule has 0 bridgehead atoms. The molecule has 1 unspecified atom stereocenters. The molecule has 1 N–H and O–H groups in total. The molecule has 2 aromatic carbocycles. The second-order valence-electron chi connectivity index (χ2n) is 9.15. The minimum atomic E-state index is -0.732. The number of rotatable bonds is 13. The Hall–Kier alpha value is -3.55. The summed E-state index contributed by atoms with van der Waals surface area (Å²) < 4.78 is 22.5. The van der Waals surface area contributed by atoms with Crippen molar-refractivity contribution < 1.29 is 38.4 Å². The predicted molar refractivity (Wildman–Crippen MR) is 138 cm³/mol. The van der Waals surface area contributed by atoms with Crippen molar-refractivity contribution in [2.24, 2.45) is 0 Å². The molecule has 1 aliphatic heterocycles. The molecule has 0 saturated carbocycles. The number of esters is 1. The smallest absolute Gasteiger partial charge is 0.347 e. The summed E-state index contributed by atoms with van der Waals surface area (Å²) in [5.74, 6) is 0.635. The van der Waals surface area contributed by atoms with E-state index in [0.29, 0.717) is 66.4 Å². The lowest BCUT2D eigenvalue weighted by molar-refractivity contribution is -0.149. The molecule has 0 fully saturated rings. The number of aromatic hydroxyl groups is 1. The van der Waals surface area contributed by atoms with Gasteiger partial charge in [-0.05, 0) is 76.1 Å². The Morgan fingerprint density at radius 3 is 2.27 bits per heavy atom. The number of ketones is 2. The zero-order valence-electron chi connectivity index (χ0n) is 22.1. The summed E-state index contributed by atoms with van der Waals surface area (Å²) in [5, 5.41) is 10.5. The number of benzene rings is 2. The van der Waals surface area contributed by atoms with E-state index in [1.807, 2.05) is 13.0 Å². The number of phenolic OH excluding ortho intramolecular Hbond substituents is 1. The average molecular weight is 513 g/mol. The summed E-state index contributed by atoms with van der Waals surface area (Å²) in [6.45, 7) is 5.78. The number of aryl methyl sites for hydroxylation is 1. The van der Waals surface area contributed by atoms with Crippen LogP contribution in [0.25, 0.3) is 0 Å². The molecule has 8 heteroatoms. The first-order valence-corrected chi connectivity index (χ1v) is 12.8. The fourth-order valence-corrected chi connectivity index (χ4v) is 4.45. The van der Waals surface area contributed by atoms with Crippen LogP contribution in [0.3, 0.4) is 0 Å². The quantitative estimate of drug-likeness (QED) is 0.220. The van der Waals surface area contributed by atoms with Crippen molar-refractivity contribution in [2.45, 2.75) is 71.8 Å². The average Bonchev–Trinajstić information content (AvgIpc) is 2.88. The number of methoxy groups -OCH3 is 1. The van der Waals surface area contributed by atoms with E-state index in [4.69, 9.17) is 18.9 Å². The van der Waals surface area contributed by atoms with Crippen LogP contribution in [0.2, 0.25) is 0 Å². The molecule has 0 saturated heterocycles. The topological polar surface area (TPSA) is 108 Å². The van der Waals surface area contributed by atoms with Gasteiger partial charge in [-0.15, -0.1) is 0 Å². The third kappa shape index (κ3) is 6.81. The molecule has 0 aromatic heterocycles. The Labute approximate surface area is 217 Å². The number of carbonyl (C=O) groups excluding carboxylic acids is 3. The fraction of sp³-hybridized carbons (Fsp3) is 0.483. The third-order valence-electron chi connectivity index (χ3n) is 6.38. The lowest BCUT2D eigenvalue weighted by Crippen LogP contribution is -2.33. The van der Waals surface area contributed by atoms with Gasteiger partial charge in [0.1, 0.15) is 28.6 Å². The van der Waals surface area contributed by atoms with Gasteiger partial charge in [-0.3, -0.25) is 9.59 Å². The highest BCUT2D eigenvalue weighted by atomic mass is 16.6. The van der Waals surface area contributed by atoms with Gasteiger partial charge in [-0.1, -0.05) is 19.4 Å². The Balaban J connectivity index is 1.53. The zero-order valence-corrected chi connectivity index (χ0v) is 22.1. The molecule has 0 spiro atoms. The van der Waals surface area contributed by atoms with E-state index in [2.05, 4.69) is 0 Å². The van der Waals surface area contributed by atoms with Crippen molar-refractivity contribution in [1.82, 2.24) is 0 Å². The maximum Gasteiger partial charge on any atom is 0.347 e. The molecular formula is C29H36O8. The van der Waals surface area contributed by atoms with Crippen molar-refractivity contribution in [2.75, 3.05) is 20.3 Å².